The Bertz CT molecular complexity index is 865. The maximum absolute atomic E-state index is 14.4. The highest BCUT2D eigenvalue weighted by Gasteiger charge is 2.40. The molecule has 0 aliphatic carbocycles. The third-order valence-electron chi connectivity index (χ3n) is 3.27. The summed E-state index contributed by atoms with van der Waals surface area (Å²) in [5.41, 5.74) is -1.99. The summed E-state index contributed by atoms with van der Waals surface area (Å²) < 4.78 is 55.0. The van der Waals surface area contributed by atoms with E-state index in [1.165, 1.54) is 6.92 Å². The fourth-order valence-corrected chi connectivity index (χ4v) is 3.28. The molecule has 2 rings (SSSR count). The molecule has 0 radical (unpaired) electrons. The molecule has 0 fully saturated rings. The van der Waals surface area contributed by atoms with Crippen LogP contribution in [0.4, 0.5) is 17.6 Å². The van der Waals surface area contributed by atoms with Crippen LogP contribution < -0.4 is 4.89 Å². The van der Waals surface area contributed by atoms with Gasteiger partial charge >= 0.3 is 12.1 Å². The second-order valence-corrected chi connectivity index (χ2v) is 6.13. The molecular formula is C15H10Cl3F4NO3. The predicted molar refractivity (Wildman–Crippen MR) is 87.9 cm³/mol. The number of halogens is 7. The molecule has 1 aromatic heterocycles. The average Bonchev–Trinajstić information content (AvgIpc) is 2.77. The van der Waals surface area contributed by atoms with Gasteiger partial charge in [0, 0.05) is 24.6 Å². The molecule has 2 aromatic rings. The number of nitrogens with zero attached hydrogens (tertiary/aromatic N) is 1. The van der Waals surface area contributed by atoms with Crippen LogP contribution in [-0.4, -0.2) is 10.5 Å². The molecule has 26 heavy (non-hydrogen) atoms. The molecule has 0 saturated carbocycles. The molecule has 0 aliphatic rings. The highest BCUT2D eigenvalue weighted by molar-refractivity contribution is 6.40. The summed E-state index contributed by atoms with van der Waals surface area (Å²) in [4.78, 5) is 19.8. The van der Waals surface area contributed by atoms with E-state index in [1.807, 2.05) is 0 Å². The summed E-state index contributed by atoms with van der Waals surface area (Å²) in [5.74, 6) is -2.11. The number of rotatable bonds is 4. The van der Waals surface area contributed by atoms with E-state index in [9.17, 15) is 22.4 Å². The Morgan fingerprint density at radius 3 is 2.31 bits per heavy atom. The third-order valence-corrected chi connectivity index (χ3v) is 4.32. The zero-order valence-corrected chi connectivity index (χ0v) is 15.4. The standard InChI is InChI=1S/C15H10Cl3F4NO3/c1-3-23-13(15(20,21)22)12(17)11(14(23)18)7-4-10(26-25-6(2)24)8(16)5-9(7)19/h4-5H,3H2,1-2H3. The first-order valence-electron chi connectivity index (χ1n) is 6.98. The summed E-state index contributed by atoms with van der Waals surface area (Å²) >= 11 is 17.7. The van der Waals surface area contributed by atoms with Crippen LogP contribution in [0.3, 0.4) is 0 Å². The van der Waals surface area contributed by atoms with Crippen molar-refractivity contribution in [3.63, 3.8) is 0 Å². The van der Waals surface area contributed by atoms with Gasteiger partial charge in [-0.25, -0.2) is 9.18 Å². The predicted octanol–water partition coefficient (Wildman–Crippen LogP) is 6.15. The zero-order chi connectivity index (χ0) is 19.8. The number of carbonyl (C=O) groups is 1. The molecule has 0 bridgehead atoms. The van der Waals surface area contributed by atoms with Crippen molar-refractivity contribution in [2.24, 2.45) is 0 Å². The van der Waals surface area contributed by atoms with Gasteiger partial charge in [-0.15, -0.1) is 0 Å². The maximum Gasteiger partial charge on any atom is 0.432 e. The normalized spacial score (nSPS) is 11.6. The molecule has 142 valence electrons. The Hall–Kier alpha value is -1.64. The van der Waals surface area contributed by atoms with E-state index in [2.05, 4.69) is 9.78 Å². The number of carbonyl (C=O) groups excluding carboxylic acids is 1. The molecule has 11 heteroatoms. The van der Waals surface area contributed by atoms with Gasteiger partial charge in [-0.2, -0.15) is 13.2 Å². The van der Waals surface area contributed by atoms with Crippen molar-refractivity contribution in [3.8, 4) is 16.9 Å². The number of hydrogen-bond acceptors (Lipinski definition) is 3. The number of benzene rings is 1. The van der Waals surface area contributed by atoms with Crippen LogP contribution in [0.2, 0.25) is 15.2 Å². The monoisotopic (exact) mass is 433 g/mol. The van der Waals surface area contributed by atoms with Gasteiger partial charge in [0.1, 0.15) is 16.7 Å². The second-order valence-electron chi connectivity index (χ2n) is 4.99. The van der Waals surface area contributed by atoms with E-state index in [-0.39, 0.29) is 22.9 Å². The molecule has 0 aliphatic heterocycles. The lowest BCUT2D eigenvalue weighted by Crippen LogP contribution is -2.13. The maximum atomic E-state index is 14.4. The molecule has 0 saturated heterocycles. The first kappa shape index (κ1) is 20.7. The van der Waals surface area contributed by atoms with Crippen molar-refractivity contribution < 1.29 is 32.1 Å². The van der Waals surface area contributed by atoms with Gasteiger partial charge in [0.15, 0.2) is 5.75 Å². The zero-order valence-electron chi connectivity index (χ0n) is 13.2. The minimum atomic E-state index is -4.81. The smallest absolute Gasteiger partial charge is 0.327 e. The van der Waals surface area contributed by atoms with E-state index >= 15 is 0 Å². The SMILES string of the molecule is CCn1c(Cl)c(-c2cc(OOC(C)=O)c(Cl)cc2F)c(Cl)c1C(F)(F)F. The van der Waals surface area contributed by atoms with Crippen LogP contribution in [0.5, 0.6) is 5.75 Å². The molecule has 0 unspecified atom stereocenters. The van der Waals surface area contributed by atoms with Crippen LogP contribution in [0.25, 0.3) is 11.1 Å². The minimum Gasteiger partial charge on any atom is -0.327 e. The Labute approximate surface area is 160 Å². The molecule has 4 nitrogen and oxygen atoms in total. The lowest BCUT2D eigenvalue weighted by atomic mass is 10.1. The van der Waals surface area contributed by atoms with Crippen LogP contribution >= 0.6 is 34.8 Å². The summed E-state index contributed by atoms with van der Waals surface area (Å²) in [6, 6.07) is 1.72. The van der Waals surface area contributed by atoms with Crippen LogP contribution in [0.1, 0.15) is 19.5 Å². The van der Waals surface area contributed by atoms with Gasteiger partial charge in [0.2, 0.25) is 0 Å². The molecule has 0 spiro atoms. The summed E-state index contributed by atoms with van der Waals surface area (Å²) in [5, 5.41) is -1.46. The van der Waals surface area contributed by atoms with Crippen molar-refractivity contribution in [1.29, 1.82) is 0 Å². The first-order valence-corrected chi connectivity index (χ1v) is 8.11. The van der Waals surface area contributed by atoms with Gasteiger partial charge in [-0.1, -0.05) is 34.8 Å². The number of hydrogen-bond donors (Lipinski definition) is 0. The Morgan fingerprint density at radius 1 is 1.23 bits per heavy atom. The Balaban J connectivity index is 2.70. The average molecular weight is 435 g/mol. The van der Waals surface area contributed by atoms with Crippen LogP contribution in [0.15, 0.2) is 12.1 Å². The van der Waals surface area contributed by atoms with Crippen molar-refractivity contribution in [3.05, 3.63) is 38.8 Å². The Morgan fingerprint density at radius 2 is 1.85 bits per heavy atom. The summed E-state index contributed by atoms with van der Waals surface area (Å²) in [7, 11) is 0. The van der Waals surface area contributed by atoms with Crippen molar-refractivity contribution >= 4 is 40.8 Å². The fraction of sp³-hybridized carbons (Fsp3) is 0.267. The van der Waals surface area contributed by atoms with Gasteiger partial charge in [0.25, 0.3) is 0 Å². The summed E-state index contributed by atoms with van der Waals surface area (Å²) in [6.45, 7) is 2.32. The highest BCUT2D eigenvalue weighted by atomic mass is 35.5. The molecule has 0 N–H and O–H groups in total. The fourth-order valence-electron chi connectivity index (χ4n) is 2.25. The Kier molecular flexibility index (Phi) is 5.99. The van der Waals surface area contributed by atoms with Crippen molar-refractivity contribution in [2.45, 2.75) is 26.6 Å². The minimum absolute atomic E-state index is 0.153. The molecule has 0 amide bonds. The largest absolute Gasteiger partial charge is 0.432 e. The van der Waals surface area contributed by atoms with Crippen molar-refractivity contribution in [2.75, 3.05) is 0 Å². The molecule has 1 aromatic carbocycles. The van der Waals surface area contributed by atoms with Gasteiger partial charge in [-0.3, -0.25) is 9.78 Å². The summed E-state index contributed by atoms with van der Waals surface area (Å²) in [6.07, 6.45) is -4.81. The third kappa shape index (κ3) is 3.87. The van der Waals surface area contributed by atoms with Gasteiger partial charge in [-0.05, 0) is 19.1 Å². The molecule has 1 heterocycles. The van der Waals surface area contributed by atoms with Gasteiger partial charge < -0.3 is 4.57 Å². The molecule has 0 atom stereocenters. The quantitative estimate of drug-likeness (QED) is 0.329. The van der Waals surface area contributed by atoms with E-state index in [4.69, 9.17) is 34.8 Å². The van der Waals surface area contributed by atoms with E-state index in [0.717, 1.165) is 19.1 Å². The molecular weight excluding hydrogens is 425 g/mol. The lowest BCUT2D eigenvalue weighted by Gasteiger charge is -2.10. The first-order chi connectivity index (χ1) is 12.0. The topological polar surface area (TPSA) is 40.5 Å². The highest BCUT2D eigenvalue weighted by Crippen LogP contribution is 2.47. The second kappa shape index (κ2) is 7.54. The number of aromatic nitrogens is 1. The van der Waals surface area contributed by atoms with E-state index in [1.54, 1.807) is 0 Å². The van der Waals surface area contributed by atoms with Gasteiger partial charge in [0.05, 0.1) is 10.0 Å². The van der Waals surface area contributed by atoms with Crippen LogP contribution in [-0.2, 0) is 22.4 Å². The van der Waals surface area contributed by atoms with E-state index in [0.29, 0.717) is 4.57 Å². The number of alkyl halides is 3. The van der Waals surface area contributed by atoms with Crippen molar-refractivity contribution in [1.82, 2.24) is 4.57 Å². The van der Waals surface area contributed by atoms with Crippen LogP contribution in [0, 0.1) is 5.82 Å². The lowest BCUT2D eigenvalue weighted by molar-refractivity contribution is -0.210. The van der Waals surface area contributed by atoms with E-state index < -0.39 is 39.4 Å².